The molecule has 1 aromatic carbocycles. The number of imidazole rings is 1. The highest BCUT2D eigenvalue weighted by molar-refractivity contribution is 5.82. The molecule has 3 N–H and O–H groups in total. The van der Waals surface area contributed by atoms with Gasteiger partial charge in [-0.25, -0.2) is 4.98 Å². The average Bonchev–Trinajstić information content (AvgIpc) is 3.00. The normalized spacial score (nSPS) is 12.1. The van der Waals surface area contributed by atoms with E-state index in [0.717, 1.165) is 24.9 Å². The molecule has 1 aromatic heterocycles. The molecule has 2 rings (SSSR count). The number of nitrogens with zero attached hydrogens (tertiary/aromatic N) is 2. The zero-order valence-corrected chi connectivity index (χ0v) is 11.4. The van der Waals surface area contributed by atoms with Crippen molar-refractivity contribution in [2.75, 3.05) is 6.54 Å². The number of nitrogens with one attached hydrogen (secondary N) is 1. The van der Waals surface area contributed by atoms with Crippen LogP contribution in [0.2, 0.25) is 0 Å². The van der Waals surface area contributed by atoms with Crippen LogP contribution in [0, 0.1) is 0 Å². The van der Waals surface area contributed by atoms with E-state index in [0.29, 0.717) is 6.54 Å². The van der Waals surface area contributed by atoms with Gasteiger partial charge in [-0.15, -0.1) is 0 Å². The zero-order chi connectivity index (χ0) is 14.2. The molecule has 1 atom stereocenters. The Morgan fingerprint density at radius 3 is 2.80 bits per heavy atom. The third-order valence-electron chi connectivity index (χ3n) is 3.14. The molecule has 0 bridgehead atoms. The topological polar surface area (TPSA) is 72.9 Å². The third-order valence-corrected chi connectivity index (χ3v) is 3.14. The van der Waals surface area contributed by atoms with Crippen LogP contribution < -0.4 is 11.1 Å². The van der Waals surface area contributed by atoms with Gasteiger partial charge in [0.15, 0.2) is 0 Å². The monoisotopic (exact) mass is 272 g/mol. The highest BCUT2D eigenvalue weighted by Gasteiger charge is 2.14. The highest BCUT2D eigenvalue weighted by Crippen LogP contribution is 2.09. The fourth-order valence-electron chi connectivity index (χ4n) is 1.97. The van der Waals surface area contributed by atoms with Crippen LogP contribution in [0.5, 0.6) is 0 Å². The summed E-state index contributed by atoms with van der Waals surface area (Å²) in [6.45, 7) is 1.56. The molecule has 5 heteroatoms. The Balaban J connectivity index is 1.65. The first-order chi connectivity index (χ1) is 9.77. The van der Waals surface area contributed by atoms with E-state index in [9.17, 15) is 4.79 Å². The van der Waals surface area contributed by atoms with Gasteiger partial charge in [0.25, 0.3) is 0 Å². The highest BCUT2D eigenvalue weighted by atomic mass is 16.2. The van der Waals surface area contributed by atoms with E-state index in [1.807, 2.05) is 41.1 Å². The number of hydrogen-bond acceptors (Lipinski definition) is 3. The first-order valence-electron chi connectivity index (χ1n) is 6.81. The van der Waals surface area contributed by atoms with E-state index in [2.05, 4.69) is 10.3 Å². The van der Waals surface area contributed by atoms with Crippen LogP contribution in [0.25, 0.3) is 0 Å². The molecule has 0 unspecified atom stereocenters. The summed E-state index contributed by atoms with van der Waals surface area (Å²) in [4.78, 5) is 15.9. The van der Waals surface area contributed by atoms with Crippen molar-refractivity contribution in [1.29, 1.82) is 0 Å². The lowest BCUT2D eigenvalue weighted by molar-refractivity contribution is -0.122. The molecule has 0 fully saturated rings. The number of nitrogens with two attached hydrogens (primary N) is 1. The molecular formula is C15H20N4O. The van der Waals surface area contributed by atoms with Gasteiger partial charge in [0, 0.05) is 25.5 Å². The molecule has 0 radical (unpaired) electrons. The third kappa shape index (κ3) is 4.20. The number of carbonyl (C=O) groups is 1. The molecule has 0 aliphatic heterocycles. The summed E-state index contributed by atoms with van der Waals surface area (Å²) in [5.74, 6) is -0.126. The summed E-state index contributed by atoms with van der Waals surface area (Å²) in [7, 11) is 0. The number of amides is 1. The van der Waals surface area contributed by atoms with Crippen LogP contribution >= 0.6 is 0 Å². The second-order valence-electron chi connectivity index (χ2n) is 4.69. The molecule has 2 aromatic rings. The van der Waals surface area contributed by atoms with Gasteiger partial charge >= 0.3 is 0 Å². The van der Waals surface area contributed by atoms with E-state index in [1.54, 1.807) is 12.5 Å². The number of carbonyl (C=O) groups excluding carboxylic acids is 1. The maximum Gasteiger partial charge on any atom is 0.241 e. The van der Waals surface area contributed by atoms with Gasteiger partial charge in [-0.3, -0.25) is 4.79 Å². The van der Waals surface area contributed by atoms with Crippen molar-refractivity contribution in [3.8, 4) is 0 Å². The number of aryl methyl sites for hydroxylation is 1. The average molecular weight is 272 g/mol. The van der Waals surface area contributed by atoms with E-state index < -0.39 is 6.04 Å². The standard InChI is InChI=1S/C15H20N4O/c16-14(13-6-2-1-3-7-13)15(20)18-8-4-5-10-19-11-9-17-12-19/h1-3,6-7,9,11-12,14H,4-5,8,10,16H2,(H,18,20)/t14-/m0/s1. The molecular weight excluding hydrogens is 252 g/mol. The number of rotatable bonds is 7. The molecule has 0 saturated heterocycles. The van der Waals surface area contributed by atoms with Crippen LogP contribution in [-0.4, -0.2) is 22.0 Å². The Morgan fingerprint density at radius 2 is 2.10 bits per heavy atom. The minimum absolute atomic E-state index is 0.126. The van der Waals surface area contributed by atoms with Crippen LogP contribution in [0.3, 0.4) is 0 Å². The zero-order valence-electron chi connectivity index (χ0n) is 11.4. The Kier molecular flexibility index (Phi) is 5.32. The molecule has 0 spiro atoms. The van der Waals surface area contributed by atoms with Crippen LogP contribution in [0.4, 0.5) is 0 Å². The lowest BCUT2D eigenvalue weighted by Gasteiger charge is -2.12. The maximum absolute atomic E-state index is 11.9. The van der Waals surface area contributed by atoms with Gasteiger partial charge in [-0.2, -0.15) is 0 Å². The second-order valence-corrected chi connectivity index (χ2v) is 4.69. The van der Waals surface area contributed by atoms with Crippen molar-refractivity contribution in [3.05, 3.63) is 54.6 Å². The summed E-state index contributed by atoms with van der Waals surface area (Å²) >= 11 is 0. The van der Waals surface area contributed by atoms with Gasteiger partial charge in [0.2, 0.25) is 5.91 Å². The van der Waals surface area contributed by atoms with Crippen molar-refractivity contribution < 1.29 is 4.79 Å². The van der Waals surface area contributed by atoms with E-state index >= 15 is 0 Å². The summed E-state index contributed by atoms with van der Waals surface area (Å²) in [6.07, 6.45) is 7.41. The summed E-state index contributed by atoms with van der Waals surface area (Å²) in [6, 6.07) is 8.81. The molecule has 0 saturated carbocycles. The van der Waals surface area contributed by atoms with Crippen molar-refractivity contribution in [1.82, 2.24) is 14.9 Å². The predicted molar refractivity (Wildman–Crippen MR) is 77.8 cm³/mol. The lowest BCUT2D eigenvalue weighted by Crippen LogP contribution is -2.34. The number of hydrogen-bond donors (Lipinski definition) is 2. The van der Waals surface area contributed by atoms with E-state index in [4.69, 9.17) is 5.73 Å². The molecule has 0 aliphatic carbocycles. The molecule has 106 valence electrons. The van der Waals surface area contributed by atoms with Gasteiger partial charge < -0.3 is 15.6 Å². The Morgan fingerprint density at radius 1 is 1.30 bits per heavy atom. The van der Waals surface area contributed by atoms with E-state index in [1.165, 1.54) is 0 Å². The lowest BCUT2D eigenvalue weighted by atomic mass is 10.1. The maximum atomic E-state index is 11.9. The van der Waals surface area contributed by atoms with Gasteiger partial charge in [0.1, 0.15) is 6.04 Å². The van der Waals surface area contributed by atoms with Crippen molar-refractivity contribution in [3.63, 3.8) is 0 Å². The first-order valence-corrected chi connectivity index (χ1v) is 6.81. The number of benzene rings is 1. The smallest absolute Gasteiger partial charge is 0.241 e. The Hall–Kier alpha value is -2.14. The summed E-state index contributed by atoms with van der Waals surface area (Å²) < 4.78 is 2.03. The van der Waals surface area contributed by atoms with Crippen LogP contribution in [0.1, 0.15) is 24.4 Å². The van der Waals surface area contributed by atoms with Crippen LogP contribution in [-0.2, 0) is 11.3 Å². The van der Waals surface area contributed by atoms with Crippen molar-refractivity contribution in [2.24, 2.45) is 5.73 Å². The number of unbranched alkanes of at least 4 members (excludes halogenated alkanes) is 1. The van der Waals surface area contributed by atoms with Gasteiger partial charge in [-0.1, -0.05) is 30.3 Å². The number of aromatic nitrogens is 2. The Bertz CT molecular complexity index is 510. The molecule has 1 amide bonds. The Labute approximate surface area is 118 Å². The summed E-state index contributed by atoms with van der Waals surface area (Å²) in [5.41, 5.74) is 6.74. The molecule has 0 aliphatic rings. The van der Waals surface area contributed by atoms with Crippen molar-refractivity contribution >= 4 is 5.91 Å². The minimum Gasteiger partial charge on any atom is -0.354 e. The first kappa shape index (κ1) is 14.3. The summed E-state index contributed by atoms with van der Waals surface area (Å²) in [5, 5.41) is 2.87. The van der Waals surface area contributed by atoms with Crippen molar-refractivity contribution in [2.45, 2.75) is 25.4 Å². The molecule has 5 nitrogen and oxygen atoms in total. The fourth-order valence-corrected chi connectivity index (χ4v) is 1.97. The van der Waals surface area contributed by atoms with Gasteiger partial charge in [-0.05, 0) is 18.4 Å². The largest absolute Gasteiger partial charge is 0.354 e. The van der Waals surface area contributed by atoms with Crippen LogP contribution in [0.15, 0.2) is 49.1 Å². The fraction of sp³-hybridized carbons (Fsp3) is 0.333. The van der Waals surface area contributed by atoms with E-state index in [-0.39, 0.29) is 5.91 Å². The molecule has 1 heterocycles. The minimum atomic E-state index is -0.593. The predicted octanol–water partition coefficient (Wildman–Crippen LogP) is 1.48. The SMILES string of the molecule is N[C@H](C(=O)NCCCCn1ccnc1)c1ccccc1. The second kappa shape index (κ2) is 7.45. The molecule has 20 heavy (non-hydrogen) atoms. The quantitative estimate of drug-likeness (QED) is 0.750. The van der Waals surface area contributed by atoms with Gasteiger partial charge in [0.05, 0.1) is 6.33 Å².